The van der Waals surface area contributed by atoms with Gasteiger partial charge in [0.1, 0.15) is 5.65 Å². The number of rotatable bonds is 5. The Morgan fingerprint density at radius 2 is 1.81 bits per heavy atom. The maximum absolute atomic E-state index is 14.5. The van der Waals surface area contributed by atoms with E-state index < -0.39 is 5.95 Å². The molecule has 0 saturated heterocycles. The van der Waals surface area contributed by atoms with Crippen LogP contribution in [0.3, 0.4) is 0 Å². The molecule has 26 heavy (non-hydrogen) atoms. The van der Waals surface area contributed by atoms with Crippen LogP contribution in [-0.2, 0) is 19.3 Å². The molecule has 130 valence electrons. The van der Waals surface area contributed by atoms with Crippen molar-refractivity contribution in [2.45, 2.75) is 19.3 Å². The number of nitrogens with one attached hydrogen (secondary N) is 1. The highest BCUT2D eigenvalue weighted by molar-refractivity contribution is 6.30. The molecule has 6 heteroatoms. The molecule has 1 N–H and O–H groups in total. The van der Waals surface area contributed by atoms with Crippen molar-refractivity contribution in [3.63, 3.8) is 0 Å². The molecule has 0 aliphatic carbocycles. The van der Waals surface area contributed by atoms with Crippen LogP contribution in [0.15, 0.2) is 55.0 Å². The number of aryl methyl sites for hydroxylation is 2. The van der Waals surface area contributed by atoms with Crippen molar-refractivity contribution < 1.29 is 4.39 Å². The summed E-state index contributed by atoms with van der Waals surface area (Å²) in [6, 6.07) is 11.2. The Balaban J connectivity index is 1.48. The van der Waals surface area contributed by atoms with Crippen LogP contribution in [0.2, 0.25) is 5.02 Å². The standard InChI is InChI=1S/C20H16ClFN4/c21-15-4-6-16(24-12-15)7-8-17-5-3-13(19(22)26-17)10-14-11-25-20-18(14)2-1-9-23-20/h1-6,9,11-12H,7-8,10H2,(H,23,25). The van der Waals surface area contributed by atoms with E-state index in [-0.39, 0.29) is 0 Å². The Hall–Kier alpha value is -2.79. The molecule has 4 aromatic heterocycles. The third-order valence-electron chi connectivity index (χ3n) is 4.33. The molecule has 0 fully saturated rings. The largest absolute Gasteiger partial charge is 0.346 e. The molecule has 0 bridgehead atoms. The first-order chi connectivity index (χ1) is 12.7. The Bertz CT molecular complexity index is 1040. The molecule has 0 aromatic carbocycles. The third kappa shape index (κ3) is 3.58. The zero-order chi connectivity index (χ0) is 17.9. The van der Waals surface area contributed by atoms with Gasteiger partial charge in [-0.3, -0.25) is 4.98 Å². The number of halogens is 2. The van der Waals surface area contributed by atoms with Gasteiger partial charge in [-0.2, -0.15) is 4.39 Å². The number of nitrogens with zero attached hydrogens (tertiary/aromatic N) is 3. The fourth-order valence-electron chi connectivity index (χ4n) is 2.95. The third-order valence-corrected chi connectivity index (χ3v) is 4.55. The minimum Gasteiger partial charge on any atom is -0.346 e. The van der Waals surface area contributed by atoms with E-state index in [0.717, 1.165) is 22.3 Å². The summed E-state index contributed by atoms with van der Waals surface area (Å²) in [7, 11) is 0. The van der Waals surface area contributed by atoms with Crippen molar-refractivity contribution in [2.24, 2.45) is 0 Å². The summed E-state index contributed by atoms with van der Waals surface area (Å²) in [5.41, 5.74) is 4.01. The summed E-state index contributed by atoms with van der Waals surface area (Å²) >= 11 is 5.83. The molecule has 0 spiro atoms. The van der Waals surface area contributed by atoms with Gasteiger partial charge in [-0.15, -0.1) is 0 Å². The molecule has 0 radical (unpaired) electrons. The average Bonchev–Trinajstić information content (AvgIpc) is 3.06. The summed E-state index contributed by atoms with van der Waals surface area (Å²) in [5, 5.41) is 1.61. The zero-order valence-electron chi connectivity index (χ0n) is 13.9. The lowest BCUT2D eigenvalue weighted by atomic mass is 10.1. The molecule has 0 aliphatic rings. The quantitative estimate of drug-likeness (QED) is 0.528. The molecular formula is C20H16ClFN4. The number of aromatic nitrogens is 4. The number of aromatic amines is 1. The van der Waals surface area contributed by atoms with E-state index in [0.29, 0.717) is 35.5 Å². The van der Waals surface area contributed by atoms with Gasteiger partial charge in [-0.25, -0.2) is 9.97 Å². The van der Waals surface area contributed by atoms with E-state index in [9.17, 15) is 4.39 Å². The van der Waals surface area contributed by atoms with Gasteiger partial charge in [-0.1, -0.05) is 17.7 Å². The fourth-order valence-corrected chi connectivity index (χ4v) is 3.06. The number of hydrogen-bond acceptors (Lipinski definition) is 3. The van der Waals surface area contributed by atoms with Crippen LogP contribution in [-0.4, -0.2) is 19.9 Å². The molecule has 0 saturated carbocycles. The summed E-state index contributed by atoms with van der Waals surface area (Å²) in [6.45, 7) is 0. The van der Waals surface area contributed by atoms with Crippen molar-refractivity contribution in [3.8, 4) is 0 Å². The van der Waals surface area contributed by atoms with E-state index in [1.54, 1.807) is 18.5 Å². The lowest BCUT2D eigenvalue weighted by molar-refractivity contribution is 0.562. The Morgan fingerprint density at radius 3 is 2.62 bits per heavy atom. The van der Waals surface area contributed by atoms with Crippen LogP contribution in [0.4, 0.5) is 4.39 Å². The second-order valence-corrected chi connectivity index (χ2v) is 6.55. The van der Waals surface area contributed by atoms with Gasteiger partial charge in [-0.05, 0) is 48.7 Å². The highest BCUT2D eigenvalue weighted by Gasteiger charge is 2.10. The minimum atomic E-state index is -0.426. The maximum atomic E-state index is 14.5. The molecule has 4 nitrogen and oxygen atoms in total. The summed E-state index contributed by atoms with van der Waals surface area (Å²) in [4.78, 5) is 15.7. The first-order valence-electron chi connectivity index (χ1n) is 8.35. The molecule has 4 rings (SSSR count). The molecule has 4 aromatic rings. The summed E-state index contributed by atoms with van der Waals surface area (Å²) < 4.78 is 14.5. The van der Waals surface area contributed by atoms with Gasteiger partial charge in [0.2, 0.25) is 5.95 Å². The van der Waals surface area contributed by atoms with Crippen molar-refractivity contribution in [1.29, 1.82) is 0 Å². The van der Waals surface area contributed by atoms with E-state index in [2.05, 4.69) is 19.9 Å². The van der Waals surface area contributed by atoms with Gasteiger partial charge >= 0.3 is 0 Å². The molecular weight excluding hydrogens is 351 g/mol. The van der Waals surface area contributed by atoms with Crippen LogP contribution < -0.4 is 0 Å². The number of fused-ring (bicyclic) bond motifs is 1. The van der Waals surface area contributed by atoms with Crippen molar-refractivity contribution >= 4 is 22.6 Å². The van der Waals surface area contributed by atoms with Gasteiger partial charge in [0, 0.05) is 47.3 Å². The lowest BCUT2D eigenvalue weighted by Crippen LogP contribution is -2.01. The monoisotopic (exact) mass is 366 g/mol. The smallest absolute Gasteiger partial charge is 0.216 e. The summed E-state index contributed by atoms with van der Waals surface area (Å²) in [5.74, 6) is -0.426. The predicted octanol–water partition coefficient (Wildman–Crippen LogP) is 4.52. The van der Waals surface area contributed by atoms with Crippen LogP contribution in [0.1, 0.15) is 22.5 Å². The molecule has 0 unspecified atom stereocenters. The van der Waals surface area contributed by atoms with E-state index >= 15 is 0 Å². The van der Waals surface area contributed by atoms with Crippen LogP contribution in [0.25, 0.3) is 11.0 Å². The molecule has 0 amide bonds. The number of hydrogen-bond donors (Lipinski definition) is 1. The first kappa shape index (κ1) is 16.7. The predicted molar refractivity (Wildman–Crippen MR) is 99.7 cm³/mol. The van der Waals surface area contributed by atoms with Gasteiger partial charge in [0.25, 0.3) is 0 Å². The van der Waals surface area contributed by atoms with Crippen molar-refractivity contribution in [3.05, 3.63) is 88.5 Å². The number of pyridine rings is 3. The first-order valence-corrected chi connectivity index (χ1v) is 8.72. The second-order valence-electron chi connectivity index (χ2n) is 6.11. The van der Waals surface area contributed by atoms with E-state index in [1.807, 2.05) is 36.5 Å². The zero-order valence-corrected chi connectivity index (χ0v) is 14.7. The maximum Gasteiger partial charge on any atom is 0.216 e. The number of H-pyrrole nitrogens is 1. The van der Waals surface area contributed by atoms with E-state index in [4.69, 9.17) is 11.6 Å². The molecule has 0 aliphatic heterocycles. The lowest BCUT2D eigenvalue weighted by Gasteiger charge is -2.05. The Labute approximate surface area is 155 Å². The second kappa shape index (κ2) is 7.22. The van der Waals surface area contributed by atoms with Gasteiger partial charge in [0.15, 0.2) is 0 Å². The highest BCUT2D eigenvalue weighted by Crippen LogP contribution is 2.20. The molecule has 0 atom stereocenters. The van der Waals surface area contributed by atoms with Crippen LogP contribution >= 0.6 is 11.6 Å². The normalized spacial score (nSPS) is 11.2. The van der Waals surface area contributed by atoms with Crippen molar-refractivity contribution in [1.82, 2.24) is 19.9 Å². The van der Waals surface area contributed by atoms with Crippen LogP contribution in [0.5, 0.6) is 0 Å². The van der Waals surface area contributed by atoms with Crippen LogP contribution in [0, 0.1) is 5.95 Å². The highest BCUT2D eigenvalue weighted by atomic mass is 35.5. The Morgan fingerprint density at radius 1 is 0.962 bits per heavy atom. The minimum absolute atomic E-state index is 0.426. The Kier molecular flexibility index (Phi) is 4.63. The average molecular weight is 367 g/mol. The summed E-state index contributed by atoms with van der Waals surface area (Å²) in [6.07, 6.45) is 7.01. The van der Waals surface area contributed by atoms with Gasteiger partial charge < -0.3 is 4.98 Å². The van der Waals surface area contributed by atoms with Crippen molar-refractivity contribution in [2.75, 3.05) is 0 Å². The SMILES string of the molecule is Fc1nc(CCc2ccc(Cl)cn2)ccc1Cc1c[nH]c2ncccc12. The topological polar surface area (TPSA) is 54.5 Å². The van der Waals surface area contributed by atoms with Gasteiger partial charge in [0.05, 0.1) is 5.02 Å². The molecule has 4 heterocycles. The fraction of sp³-hybridized carbons (Fsp3) is 0.150. The van der Waals surface area contributed by atoms with E-state index in [1.165, 1.54) is 0 Å².